The van der Waals surface area contributed by atoms with Crippen LogP contribution in [-0.2, 0) is 13.0 Å². The summed E-state index contributed by atoms with van der Waals surface area (Å²) in [5, 5.41) is 20.5. The van der Waals surface area contributed by atoms with Crippen LogP contribution >= 0.6 is 0 Å². The summed E-state index contributed by atoms with van der Waals surface area (Å²) in [5.41, 5.74) is 2.75. The number of phenols is 1. The van der Waals surface area contributed by atoms with Gasteiger partial charge < -0.3 is 14.9 Å². The lowest BCUT2D eigenvalue weighted by Gasteiger charge is -2.35. The molecule has 0 radical (unpaired) electrons. The molecule has 3 aromatic rings. The fraction of sp³-hybridized carbons (Fsp3) is 0.345. The van der Waals surface area contributed by atoms with Gasteiger partial charge in [0.15, 0.2) is 5.78 Å². The molecule has 2 N–H and O–H groups in total. The number of aryl methyl sites for hydroxylation is 1. The van der Waals surface area contributed by atoms with Crippen LogP contribution in [0.3, 0.4) is 0 Å². The molecule has 3 aromatic carbocycles. The number of piperazine rings is 1. The first kappa shape index (κ1) is 24.9. The van der Waals surface area contributed by atoms with Gasteiger partial charge in [-0.2, -0.15) is 0 Å². The van der Waals surface area contributed by atoms with Crippen molar-refractivity contribution in [3.63, 3.8) is 0 Å². The van der Waals surface area contributed by atoms with Crippen molar-refractivity contribution in [1.82, 2.24) is 9.80 Å². The highest BCUT2D eigenvalue weighted by atomic mass is 16.5. The summed E-state index contributed by atoms with van der Waals surface area (Å²) in [5.74, 6) is 0.325. The number of hydrogen-bond donors (Lipinski definition) is 2. The molecule has 35 heavy (non-hydrogen) atoms. The molecule has 1 heterocycles. The molecule has 184 valence electrons. The van der Waals surface area contributed by atoms with Gasteiger partial charge in [0, 0.05) is 45.7 Å². The summed E-state index contributed by atoms with van der Waals surface area (Å²) in [6.45, 7) is 5.27. The first-order valence-electron chi connectivity index (χ1n) is 12.3. The first-order valence-corrected chi connectivity index (χ1v) is 12.3. The van der Waals surface area contributed by atoms with Gasteiger partial charge in [0.2, 0.25) is 0 Å². The predicted molar refractivity (Wildman–Crippen MR) is 137 cm³/mol. The lowest BCUT2D eigenvalue weighted by molar-refractivity contribution is 0.0443. The molecule has 0 amide bonds. The monoisotopic (exact) mass is 474 g/mol. The third-order valence-electron chi connectivity index (χ3n) is 6.36. The van der Waals surface area contributed by atoms with E-state index in [0.717, 1.165) is 38.3 Å². The van der Waals surface area contributed by atoms with Crippen LogP contribution in [0.1, 0.15) is 27.9 Å². The minimum absolute atomic E-state index is 0.0225. The van der Waals surface area contributed by atoms with Gasteiger partial charge >= 0.3 is 0 Å². The number of rotatable bonds is 11. The number of carbonyl (C=O) groups is 1. The predicted octanol–water partition coefficient (Wildman–Crippen LogP) is 3.77. The Kier molecular flexibility index (Phi) is 8.90. The number of ether oxygens (including phenoxy) is 1. The van der Waals surface area contributed by atoms with E-state index >= 15 is 0 Å². The number of Topliss-reactive ketones (excluding diaryl/α,β-unsaturated/α-hetero) is 1. The molecule has 1 fully saturated rings. The van der Waals surface area contributed by atoms with Crippen LogP contribution in [-0.4, -0.2) is 71.2 Å². The van der Waals surface area contributed by atoms with Crippen molar-refractivity contribution in [2.45, 2.75) is 25.5 Å². The summed E-state index contributed by atoms with van der Waals surface area (Å²) in [4.78, 5) is 17.5. The largest absolute Gasteiger partial charge is 0.508 e. The third kappa shape index (κ3) is 7.65. The Bertz CT molecular complexity index is 1070. The zero-order valence-electron chi connectivity index (χ0n) is 20.1. The number of phenolic OH excluding ortho intramolecular Hbond substituents is 1. The Morgan fingerprint density at radius 3 is 2.17 bits per heavy atom. The van der Waals surface area contributed by atoms with Gasteiger partial charge in [-0.25, -0.2) is 0 Å². The Balaban J connectivity index is 1.24. The molecule has 0 saturated carbocycles. The Morgan fingerprint density at radius 1 is 0.857 bits per heavy atom. The molecule has 4 rings (SSSR count). The van der Waals surface area contributed by atoms with Crippen LogP contribution in [0.25, 0.3) is 0 Å². The minimum Gasteiger partial charge on any atom is -0.508 e. The number of aliphatic hydroxyl groups is 1. The summed E-state index contributed by atoms with van der Waals surface area (Å²) < 4.78 is 5.85. The number of ketones is 1. The average molecular weight is 475 g/mol. The maximum Gasteiger partial charge on any atom is 0.167 e. The van der Waals surface area contributed by atoms with Gasteiger partial charge in [-0.05, 0) is 35.7 Å². The molecular formula is C29H34N2O4. The van der Waals surface area contributed by atoms with Crippen molar-refractivity contribution < 1.29 is 19.7 Å². The fourth-order valence-corrected chi connectivity index (χ4v) is 4.41. The molecular weight excluding hydrogens is 440 g/mol. The molecule has 6 nitrogen and oxygen atoms in total. The molecule has 1 saturated heterocycles. The lowest BCUT2D eigenvalue weighted by Crippen LogP contribution is -2.48. The van der Waals surface area contributed by atoms with Crippen molar-refractivity contribution in [2.75, 3.05) is 39.3 Å². The summed E-state index contributed by atoms with van der Waals surface area (Å²) in [7, 11) is 0. The molecule has 6 heteroatoms. The molecule has 1 aliphatic heterocycles. The van der Waals surface area contributed by atoms with E-state index in [9.17, 15) is 15.0 Å². The van der Waals surface area contributed by atoms with Crippen LogP contribution in [0.5, 0.6) is 11.5 Å². The number of aliphatic hydroxyl groups excluding tert-OH is 1. The Morgan fingerprint density at radius 2 is 1.49 bits per heavy atom. The summed E-state index contributed by atoms with van der Waals surface area (Å²) >= 11 is 0. The highest BCUT2D eigenvalue weighted by Crippen LogP contribution is 2.26. The number of β-amino-alcohol motifs (C(OH)–C–C–N with tert-alkyl or cyclic N) is 1. The van der Waals surface area contributed by atoms with E-state index in [0.29, 0.717) is 30.7 Å². The molecule has 1 aliphatic rings. The van der Waals surface area contributed by atoms with Gasteiger partial charge in [0.25, 0.3) is 0 Å². The smallest absolute Gasteiger partial charge is 0.167 e. The number of aromatic hydroxyl groups is 1. The van der Waals surface area contributed by atoms with Crippen molar-refractivity contribution >= 4 is 5.78 Å². The zero-order valence-corrected chi connectivity index (χ0v) is 20.1. The molecule has 0 aromatic heterocycles. The molecule has 0 bridgehead atoms. The topological polar surface area (TPSA) is 73.2 Å². The highest BCUT2D eigenvalue weighted by molar-refractivity contribution is 5.99. The van der Waals surface area contributed by atoms with Crippen LogP contribution in [0, 0.1) is 0 Å². The second-order valence-electron chi connectivity index (χ2n) is 9.12. The molecule has 0 aliphatic carbocycles. The number of benzene rings is 3. The maximum absolute atomic E-state index is 12.8. The van der Waals surface area contributed by atoms with E-state index in [4.69, 9.17) is 4.74 Å². The van der Waals surface area contributed by atoms with E-state index in [1.165, 1.54) is 17.7 Å². The third-order valence-corrected chi connectivity index (χ3v) is 6.36. The van der Waals surface area contributed by atoms with E-state index in [2.05, 4.69) is 34.1 Å². The van der Waals surface area contributed by atoms with Gasteiger partial charge in [-0.15, -0.1) is 0 Å². The maximum atomic E-state index is 12.8. The van der Waals surface area contributed by atoms with Crippen LogP contribution in [0.15, 0.2) is 78.9 Å². The zero-order chi connectivity index (χ0) is 24.5. The molecule has 0 unspecified atom stereocenters. The van der Waals surface area contributed by atoms with E-state index in [-0.39, 0.29) is 18.1 Å². The van der Waals surface area contributed by atoms with Crippen molar-refractivity contribution in [2.24, 2.45) is 0 Å². The van der Waals surface area contributed by atoms with Gasteiger partial charge in [0.05, 0.1) is 5.56 Å². The first-order chi connectivity index (χ1) is 17.1. The Labute approximate surface area is 207 Å². The summed E-state index contributed by atoms with van der Waals surface area (Å²) in [6.07, 6.45) is 0.268. The van der Waals surface area contributed by atoms with E-state index < -0.39 is 6.10 Å². The average Bonchev–Trinajstić information content (AvgIpc) is 2.89. The minimum atomic E-state index is -0.670. The van der Waals surface area contributed by atoms with Crippen LogP contribution < -0.4 is 4.74 Å². The van der Waals surface area contributed by atoms with Crippen molar-refractivity contribution in [3.8, 4) is 11.5 Å². The highest BCUT2D eigenvalue weighted by Gasteiger charge is 2.20. The van der Waals surface area contributed by atoms with Crippen LogP contribution in [0.2, 0.25) is 0 Å². The summed E-state index contributed by atoms with van der Waals surface area (Å²) in [6, 6.07) is 24.8. The van der Waals surface area contributed by atoms with E-state index in [1.54, 1.807) is 6.07 Å². The lowest BCUT2D eigenvalue weighted by atomic mass is 10.0. The van der Waals surface area contributed by atoms with Gasteiger partial charge in [-0.3, -0.25) is 14.6 Å². The number of nitrogens with zero attached hydrogens (tertiary/aromatic N) is 2. The van der Waals surface area contributed by atoms with Crippen molar-refractivity contribution in [3.05, 3.63) is 95.6 Å². The second kappa shape index (κ2) is 12.5. The van der Waals surface area contributed by atoms with E-state index in [1.807, 2.05) is 36.4 Å². The standard InChI is InChI=1S/C29H34N2O4/c32-25-12-14-29(27(19-25)28(34)13-11-23-7-3-1-4-8-23)35-22-26(33)21-31-17-15-30(16-18-31)20-24-9-5-2-6-10-24/h1-10,12,14,19,26,32-33H,11,13,15-18,20-22H2/t26-/m1/s1. The van der Waals surface area contributed by atoms with Gasteiger partial charge in [0.1, 0.15) is 24.2 Å². The Hall–Kier alpha value is -3.19. The van der Waals surface area contributed by atoms with Gasteiger partial charge in [-0.1, -0.05) is 60.7 Å². The quantitative estimate of drug-likeness (QED) is 0.412. The van der Waals surface area contributed by atoms with Crippen LogP contribution in [0.4, 0.5) is 0 Å². The second-order valence-corrected chi connectivity index (χ2v) is 9.12. The molecule has 1 atom stereocenters. The fourth-order valence-electron chi connectivity index (χ4n) is 4.41. The molecule has 0 spiro atoms. The SMILES string of the molecule is O=C(CCc1ccccc1)c1cc(O)ccc1OC[C@H](O)CN1CCN(Cc2ccccc2)CC1. The number of carbonyl (C=O) groups excluding carboxylic acids is 1. The van der Waals surface area contributed by atoms with Crippen molar-refractivity contribution in [1.29, 1.82) is 0 Å². The normalized spacial score (nSPS) is 15.6. The number of hydrogen-bond acceptors (Lipinski definition) is 6.